The molecule has 24 heavy (non-hydrogen) atoms. The third-order valence-corrected chi connectivity index (χ3v) is 4.96. The number of carboxylic acid groups (broad SMARTS) is 1. The maximum absolute atomic E-state index is 12.2. The van der Waals surface area contributed by atoms with Crippen LogP contribution in [0.1, 0.15) is 39.0 Å². The number of aliphatic carboxylic acids is 1. The summed E-state index contributed by atoms with van der Waals surface area (Å²) in [6.07, 6.45) is 4.39. The number of anilines is 1. The molecule has 0 aliphatic heterocycles. The van der Waals surface area contributed by atoms with Crippen molar-refractivity contribution in [1.82, 2.24) is 4.90 Å². The van der Waals surface area contributed by atoms with Crippen LogP contribution >= 0.6 is 12.2 Å². The van der Waals surface area contributed by atoms with Crippen LogP contribution in [0.25, 0.3) is 0 Å². The van der Waals surface area contributed by atoms with Crippen LogP contribution in [0.4, 0.5) is 5.69 Å². The zero-order chi connectivity index (χ0) is 17.5. The number of hydrogen-bond donors (Lipinski definition) is 2. The highest BCUT2D eigenvalue weighted by Crippen LogP contribution is 2.26. The van der Waals surface area contributed by atoms with Crippen molar-refractivity contribution in [3.05, 3.63) is 30.3 Å². The molecule has 0 bridgehead atoms. The molecule has 1 fully saturated rings. The number of carboxylic acids is 1. The van der Waals surface area contributed by atoms with Gasteiger partial charge in [0.15, 0.2) is 0 Å². The number of hydrogen-bond acceptors (Lipinski definition) is 3. The molecule has 5 nitrogen and oxygen atoms in total. The van der Waals surface area contributed by atoms with Gasteiger partial charge in [0.05, 0.1) is 4.99 Å². The third kappa shape index (κ3) is 5.30. The van der Waals surface area contributed by atoms with Crippen molar-refractivity contribution in [3.8, 4) is 0 Å². The lowest BCUT2D eigenvalue weighted by Gasteiger charge is -2.32. The van der Waals surface area contributed by atoms with E-state index in [1.807, 2.05) is 42.2 Å². The second kappa shape index (κ2) is 8.78. The fourth-order valence-electron chi connectivity index (χ4n) is 3.13. The molecular formula is C18H24N2O3S. The van der Waals surface area contributed by atoms with Crippen LogP contribution in [-0.4, -0.2) is 39.5 Å². The molecule has 0 spiro atoms. The largest absolute Gasteiger partial charge is 0.480 e. The van der Waals surface area contributed by atoms with E-state index in [1.54, 1.807) is 0 Å². The minimum absolute atomic E-state index is 0.0891. The van der Waals surface area contributed by atoms with E-state index >= 15 is 0 Å². The number of nitrogens with one attached hydrogen (secondary N) is 1. The molecule has 0 saturated heterocycles. The van der Waals surface area contributed by atoms with E-state index in [0.717, 1.165) is 31.4 Å². The van der Waals surface area contributed by atoms with Crippen LogP contribution in [-0.2, 0) is 9.59 Å². The van der Waals surface area contributed by atoms with Crippen molar-refractivity contribution in [2.45, 2.75) is 45.1 Å². The quantitative estimate of drug-likeness (QED) is 0.740. The molecule has 1 aromatic rings. The molecule has 1 atom stereocenters. The summed E-state index contributed by atoms with van der Waals surface area (Å²) >= 11 is 5.52. The maximum Gasteiger partial charge on any atom is 0.323 e. The molecule has 2 N–H and O–H groups in total. The standard InChI is InChI=1S/C18H24N2O3S/c1-13(11-16(21)19-14-7-3-2-4-8-14)18(24)20(12-17(22)23)15-9-5-6-10-15/h2-4,7-8,13,15H,5-6,9-12H2,1H3,(H,19,21)(H,22,23). The molecular weight excluding hydrogens is 324 g/mol. The van der Waals surface area contributed by atoms with E-state index in [1.165, 1.54) is 0 Å². The van der Waals surface area contributed by atoms with E-state index in [9.17, 15) is 14.7 Å². The summed E-state index contributed by atoms with van der Waals surface area (Å²) in [7, 11) is 0. The Morgan fingerprint density at radius 1 is 1.29 bits per heavy atom. The molecule has 0 radical (unpaired) electrons. The van der Waals surface area contributed by atoms with Gasteiger partial charge in [0.2, 0.25) is 5.91 Å². The maximum atomic E-state index is 12.2. The SMILES string of the molecule is CC(CC(=O)Nc1ccccc1)C(=S)N(CC(=O)O)C1CCCC1. The van der Waals surface area contributed by atoms with Gasteiger partial charge in [-0.3, -0.25) is 9.59 Å². The molecule has 130 valence electrons. The number of nitrogens with zero attached hydrogens (tertiary/aromatic N) is 1. The molecule has 0 heterocycles. The monoisotopic (exact) mass is 348 g/mol. The highest BCUT2D eigenvalue weighted by atomic mass is 32.1. The second-order valence-corrected chi connectivity index (χ2v) is 6.74. The average molecular weight is 348 g/mol. The zero-order valence-corrected chi connectivity index (χ0v) is 14.7. The van der Waals surface area contributed by atoms with Gasteiger partial charge >= 0.3 is 5.97 Å². The fraction of sp³-hybridized carbons (Fsp3) is 0.500. The third-order valence-electron chi connectivity index (χ3n) is 4.32. The van der Waals surface area contributed by atoms with E-state index in [-0.39, 0.29) is 30.8 Å². The lowest BCUT2D eigenvalue weighted by molar-refractivity contribution is -0.137. The van der Waals surface area contributed by atoms with Gasteiger partial charge in [0.25, 0.3) is 0 Å². The van der Waals surface area contributed by atoms with Crippen molar-refractivity contribution in [3.63, 3.8) is 0 Å². The van der Waals surface area contributed by atoms with Crippen molar-refractivity contribution >= 4 is 34.8 Å². The zero-order valence-electron chi connectivity index (χ0n) is 13.9. The summed E-state index contributed by atoms with van der Waals surface area (Å²) in [5, 5.41) is 12.0. The molecule has 1 aliphatic rings. The molecule has 2 rings (SSSR count). The lowest BCUT2D eigenvalue weighted by Crippen LogP contribution is -2.44. The van der Waals surface area contributed by atoms with Gasteiger partial charge in [-0.05, 0) is 25.0 Å². The highest BCUT2D eigenvalue weighted by Gasteiger charge is 2.29. The number of para-hydroxylation sites is 1. The number of thiocarbonyl (C=S) groups is 1. The summed E-state index contributed by atoms with van der Waals surface area (Å²) in [4.78, 5) is 25.8. The van der Waals surface area contributed by atoms with Crippen molar-refractivity contribution in [2.24, 2.45) is 5.92 Å². The fourth-order valence-corrected chi connectivity index (χ4v) is 3.43. The van der Waals surface area contributed by atoms with Crippen LogP contribution in [0.2, 0.25) is 0 Å². The van der Waals surface area contributed by atoms with Crippen LogP contribution in [0.3, 0.4) is 0 Å². The van der Waals surface area contributed by atoms with Crippen molar-refractivity contribution in [2.75, 3.05) is 11.9 Å². The summed E-state index contributed by atoms with van der Waals surface area (Å²) in [6, 6.07) is 9.45. The van der Waals surface area contributed by atoms with Gasteiger partial charge in [-0.2, -0.15) is 0 Å². The summed E-state index contributed by atoms with van der Waals surface area (Å²) in [6.45, 7) is 1.80. The van der Waals surface area contributed by atoms with Crippen LogP contribution in [0, 0.1) is 5.92 Å². The minimum Gasteiger partial charge on any atom is -0.480 e. The summed E-state index contributed by atoms with van der Waals surface area (Å²) < 4.78 is 0. The van der Waals surface area contributed by atoms with Gasteiger partial charge in [-0.25, -0.2) is 0 Å². The number of carbonyl (C=O) groups excluding carboxylic acids is 1. The molecule has 6 heteroatoms. The molecule has 1 amide bonds. The Morgan fingerprint density at radius 2 is 1.92 bits per heavy atom. The Balaban J connectivity index is 1.95. The molecule has 1 aliphatic carbocycles. The first-order chi connectivity index (χ1) is 11.5. The minimum atomic E-state index is -0.884. The summed E-state index contributed by atoms with van der Waals surface area (Å²) in [5.74, 6) is -1.17. The Hall–Kier alpha value is -1.95. The van der Waals surface area contributed by atoms with Crippen LogP contribution in [0.15, 0.2) is 30.3 Å². The first kappa shape index (κ1) is 18.4. The number of amides is 1. The van der Waals surface area contributed by atoms with E-state index in [4.69, 9.17) is 12.2 Å². The van der Waals surface area contributed by atoms with Gasteiger partial charge in [0, 0.05) is 24.1 Å². The molecule has 0 aromatic heterocycles. The Kier molecular flexibility index (Phi) is 6.73. The van der Waals surface area contributed by atoms with E-state index < -0.39 is 5.97 Å². The van der Waals surface area contributed by atoms with Crippen molar-refractivity contribution < 1.29 is 14.7 Å². The first-order valence-corrected chi connectivity index (χ1v) is 8.75. The smallest absolute Gasteiger partial charge is 0.323 e. The van der Waals surface area contributed by atoms with E-state index in [2.05, 4.69) is 5.32 Å². The molecule has 1 aromatic carbocycles. The van der Waals surface area contributed by atoms with E-state index in [0.29, 0.717) is 4.99 Å². The topological polar surface area (TPSA) is 69.6 Å². The Morgan fingerprint density at radius 3 is 2.50 bits per heavy atom. The van der Waals surface area contributed by atoms with Gasteiger partial charge in [0.1, 0.15) is 6.54 Å². The number of rotatable bonds is 7. The number of carbonyl (C=O) groups is 2. The van der Waals surface area contributed by atoms with Gasteiger partial charge < -0.3 is 15.3 Å². The number of benzene rings is 1. The Bertz CT molecular complexity index is 585. The lowest BCUT2D eigenvalue weighted by atomic mass is 10.0. The average Bonchev–Trinajstić information content (AvgIpc) is 3.06. The predicted molar refractivity (Wildman–Crippen MR) is 98.0 cm³/mol. The Labute approximate surface area is 148 Å². The molecule has 1 saturated carbocycles. The second-order valence-electron chi connectivity index (χ2n) is 6.32. The van der Waals surface area contributed by atoms with Crippen molar-refractivity contribution in [1.29, 1.82) is 0 Å². The highest BCUT2D eigenvalue weighted by molar-refractivity contribution is 7.80. The first-order valence-electron chi connectivity index (χ1n) is 8.34. The van der Waals surface area contributed by atoms with Crippen LogP contribution < -0.4 is 5.32 Å². The molecule has 1 unspecified atom stereocenters. The predicted octanol–water partition coefficient (Wildman–Crippen LogP) is 3.31. The normalized spacial score (nSPS) is 15.7. The summed E-state index contributed by atoms with van der Waals surface area (Å²) in [5.41, 5.74) is 0.749. The van der Waals surface area contributed by atoms with Crippen LogP contribution in [0.5, 0.6) is 0 Å². The van der Waals surface area contributed by atoms with Gasteiger partial charge in [-0.1, -0.05) is 50.2 Å². The van der Waals surface area contributed by atoms with Gasteiger partial charge in [-0.15, -0.1) is 0 Å².